The molecule has 0 N–H and O–H groups in total. The Kier molecular flexibility index (Phi) is 5.20. The second-order valence-corrected chi connectivity index (χ2v) is 6.68. The van der Waals surface area contributed by atoms with Crippen molar-refractivity contribution in [3.05, 3.63) is 77.9 Å². The molecule has 0 saturated carbocycles. The number of carbonyl (C=O) groups excluding carboxylic acids is 1. The zero-order valence-corrected chi connectivity index (χ0v) is 15.1. The standard InChI is InChI=1S/C20H22N6O/c27-20(19-16-26(23-22-19)14-17-6-2-1-3-7-17)25-12-10-24(11-13-25)15-18-8-4-5-9-21-18/h1-9,16H,10-15H2. The topological polar surface area (TPSA) is 67.2 Å². The van der Waals surface area contributed by atoms with Crippen LogP contribution in [0.15, 0.2) is 60.9 Å². The van der Waals surface area contributed by atoms with Crippen molar-refractivity contribution in [2.24, 2.45) is 0 Å². The fourth-order valence-corrected chi connectivity index (χ4v) is 3.24. The van der Waals surface area contributed by atoms with Crippen LogP contribution in [0.25, 0.3) is 0 Å². The average Bonchev–Trinajstić information content (AvgIpc) is 3.18. The molecule has 27 heavy (non-hydrogen) atoms. The molecule has 3 heterocycles. The maximum atomic E-state index is 12.7. The van der Waals surface area contributed by atoms with Crippen LogP contribution in [0, 0.1) is 0 Å². The van der Waals surface area contributed by atoms with Crippen molar-refractivity contribution in [3.63, 3.8) is 0 Å². The third-order valence-corrected chi connectivity index (χ3v) is 4.72. The fraction of sp³-hybridized carbons (Fsp3) is 0.300. The van der Waals surface area contributed by atoms with Crippen LogP contribution in [0.4, 0.5) is 0 Å². The Labute approximate surface area is 158 Å². The molecule has 0 bridgehead atoms. The highest BCUT2D eigenvalue weighted by Crippen LogP contribution is 2.10. The monoisotopic (exact) mass is 362 g/mol. The molecule has 3 aromatic rings. The van der Waals surface area contributed by atoms with E-state index >= 15 is 0 Å². The lowest BCUT2D eigenvalue weighted by Crippen LogP contribution is -2.48. The maximum Gasteiger partial charge on any atom is 0.276 e. The third-order valence-electron chi connectivity index (χ3n) is 4.72. The van der Waals surface area contributed by atoms with Crippen LogP contribution >= 0.6 is 0 Å². The van der Waals surface area contributed by atoms with Gasteiger partial charge in [-0.05, 0) is 17.7 Å². The van der Waals surface area contributed by atoms with E-state index in [0.29, 0.717) is 25.3 Å². The number of piperazine rings is 1. The van der Waals surface area contributed by atoms with Crippen molar-refractivity contribution >= 4 is 5.91 Å². The molecule has 1 aliphatic rings. The van der Waals surface area contributed by atoms with Crippen molar-refractivity contribution in [2.45, 2.75) is 13.1 Å². The summed E-state index contributed by atoms with van der Waals surface area (Å²) in [5, 5.41) is 8.17. The summed E-state index contributed by atoms with van der Waals surface area (Å²) in [5.74, 6) is -0.0493. The third kappa shape index (κ3) is 4.38. The number of hydrogen-bond acceptors (Lipinski definition) is 5. The summed E-state index contributed by atoms with van der Waals surface area (Å²) in [5.41, 5.74) is 2.59. The molecule has 1 amide bonds. The summed E-state index contributed by atoms with van der Waals surface area (Å²) in [6.07, 6.45) is 3.55. The van der Waals surface area contributed by atoms with Crippen LogP contribution in [0.5, 0.6) is 0 Å². The van der Waals surface area contributed by atoms with E-state index < -0.39 is 0 Å². The number of nitrogens with zero attached hydrogens (tertiary/aromatic N) is 6. The first-order valence-corrected chi connectivity index (χ1v) is 9.13. The summed E-state index contributed by atoms with van der Waals surface area (Å²) in [7, 11) is 0. The molecule has 7 nitrogen and oxygen atoms in total. The molecular weight excluding hydrogens is 340 g/mol. The van der Waals surface area contributed by atoms with Gasteiger partial charge in [0.05, 0.1) is 18.4 Å². The molecular formula is C20H22N6O. The molecule has 0 atom stereocenters. The number of rotatable bonds is 5. The van der Waals surface area contributed by atoms with Gasteiger partial charge in [0.25, 0.3) is 5.91 Å². The van der Waals surface area contributed by atoms with E-state index in [2.05, 4.69) is 20.2 Å². The van der Waals surface area contributed by atoms with Gasteiger partial charge in [0.15, 0.2) is 5.69 Å². The normalized spacial score (nSPS) is 15.0. The molecule has 1 aromatic carbocycles. The molecule has 1 saturated heterocycles. The molecule has 0 unspecified atom stereocenters. The minimum atomic E-state index is -0.0493. The first-order valence-electron chi connectivity index (χ1n) is 9.13. The van der Waals surface area contributed by atoms with Gasteiger partial charge >= 0.3 is 0 Å². The summed E-state index contributed by atoms with van der Waals surface area (Å²) in [4.78, 5) is 21.2. The van der Waals surface area contributed by atoms with Crippen LogP contribution in [0.2, 0.25) is 0 Å². The van der Waals surface area contributed by atoms with Crippen LogP contribution in [0.1, 0.15) is 21.7 Å². The SMILES string of the molecule is O=C(c1cn(Cc2ccccc2)nn1)N1CCN(Cc2ccccn2)CC1. The van der Waals surface area contributed by atoms with Crippen molar-refractivity contribution in [1.82, 2.24) is 29.8 Å². The Morgan fingerprint density at radius 2 is 1.70 bits per heavy atom. The van der Waals surface area contributed by atoms with Crippen molar-refractivity contribution in [3.8, 4) is 0 Å². The van der Waals surface area contributed by atoms with Crippen LogP contribution in [-0.2, 0) is 13.1 Å². The molecule has 1 fully saturated rings. The van der Waals surface area contributed by atoms with Crippen molar-refractivity contribution < 1.29 is 4.79 Å². The predicted molar refractivity (Wildman–Crippen MR) is 101 cm³/mol. The molecule has 0 aliphatic carbocycles. The number of amides is 1. The lowest BCUT2D eigenvalue weighted by molar-refractivity contribution is 0.0621. The molecule has 0 spiro atoms. The zero-order chi connectivity index (χ0) is 18.5. The summed E-state index contributed by atoms with van der Waals surface area (Å²) >= 11 is 0. The highest BCUT2D eigenvalue weighted by atomic mass is 16.2. The molecule has 4 rings (SSSR count). The average molecular weight is 362 g/mol. The van der Waals surface area contributed by atoms with Gasteiger partial charge in [-0.15, -0.1) is 5.10 Å². The van der Waals surface area contributed by atoms with Crippen LogP contribution in [-0.4, -0.2) is 61.9 Å². The van der Waals surface area contributed by atoms with Gasteiger partial charge in [-0.3, -0.25) is 14.7 Å². The molecule has 7 heteroatoms. The zero-order valence-electron chi connectivity index (χ0n) is 15.1. The van der Waals surface area contributed by atoms with Crippen molar-refractivity contribution in [2.75, 3.05) is 26.2 Å². The van der Waals surface area contributed by atoms with Gasteiger partial charge in [-0.1, -0.05) is 41.6 Å². The van der Waals surface area contributed by atoms with Gasteiger partial charge in [0, 0.05) is 38.9 Å². The lowest BCUT2D eigenvalue weighted by atomic mass is 10.2. The second kappa shape index (κ2) is 8.09. The van der Waals surface area contributed by atoms with Crippen LogP contribution < -0.4 is 0 Å². The van der Waals surface area contributed by atoms with Gasteiger partial charge in [-0.2, -0.15) is 0 Å². The van der Waals surface area contributed by atoms with Gasteiger partial charge < -0.3 is 4.90 Å². The fourth-order valence-electron chi connectivity index (χ4n) is 3.24. The van der Waals surface area contributed by atoms with Gasteiger partial charge in [-0.25, -0.2) is 4.68 Å². The minimum absolute atomic E-state index is 0.0493. The number of carbonyl (C=O) groups is 1. The van der Waals surface area contributed by atoms with E-state index in [-0.39, 0.29) is 5.91 Å². The van der Waals surface area contributed by atoms with E-state index in [9.17, 15) is 4.79 Å². The van der Waals surface area contributed by atoms with E-state index in [1.54, 1.807) is 10.9 Å². The first-order chi connectivity index (χ1) is 13.3. The Balaban J connectivity index is 1.32. The summed E-state index contributed by atoms with van der Waals surface area (Å²) in [6, 6.07) is 16.0. The van der Waals surface area contributed by atoms with E-state index in [1.165, 1.54) is 0 Å². The first kappa shape index (κ1) is 17.4. The number of benzene rings is 1. The van der Waals surface area contributed by atoms with Crippen molar-refractivity contribution in [1.29, 1.82) is 0 Å². The lowest BCUT2D eigenvalue weighted by Gasteiger charge is -2.34. The van der Waals surface area contributed by atoms with Gasteiger partial charge in [0.2, 0.25) is 0 Å². The minimum Gasteiger partial charge on any atom is -0.335 e. The number of hydrogen-bond donors (Lipinski definition) is 0. The Morgan fingerprint density at radius 1 is 0.926 bits per heavy atom. The molecule has 138 valence electrons. The van der Waals surface area contributed by atoms with Crippen LogP contribution in [0.3, 0.4) is 0 Å². The molecule has 1 aliphatic heterocycles. The maximum absolute atomic E-state index is 12.7. The second-order valence-electron chi connectivity index (χ2n) is 6.68. The van der Waals surface area contributed by atoms with E-state index in [1.807, 2.05) is 59.6 Å². The highest BCUT2D eigenvalue weighted by molar-refractivity contribution is 5.92. The number of pyridine rings is 1. The Bertz CT molecular complexity index is 872. The summed E-state index contributed by atoms with van der Waals surface area (Å²) in [6.45, 7) is 4.48. The van der Waals surface area contributed by atoms with E-state index in [0.717, 1.165) is 30.9 Å². The molecule has 2 aromatic heterocycles. The van der Waals surface area contributed by atoms with E-state index in [4.69, 9.17) is 0 Å². The highest BCUT2D eigenvalue weighted by Gasteiger charge is 2.24. The Morgan fingerprint density at radius 3 is 2.44 bits per heavy atom. The number of aromatic nitrogens is 4. The van der Waals surface area contributed by atoms with Gasteiger partial charge in [0.1, 0.15) is 0 Å². The quantitative estimate of drug-likeness (QED) is 0.691. The molecule has 0 radical (unpaired) electrons. The Hall–Kier alpha value is -3.06. The smallest absolute Gasteiger partial charge is 0.276 e. The summed E-state index contributed by atoms with van der Waals surface area (Å²) < 4.78 is 1.71. The largest absolute Gasteiger partial charge is 0.335 e. The predicted octanol–water partition coefficient (Wildman–Crippen LogP) is 1.68.